The summed E-state index contributed by atoms with van der Waals surface area (Å²) in [4.78, 5) is 36.9. The molecule has 0 aliphatic heterocycles. The molecule has 0 atom stereocenters. The van der Waals surface area contributed by atoms with Gasteiger partial charge in [0.1, 0.15) is 11.6 Å². The number of pyridine rings is 1. The highest BCUT2D eigenvalue weighted by Crippen LogP contribution is 2.33. The first kappa shape index (κ1) is 27.6. The van der Waals surface area contributed by atoms with Crippen molar-refractivity contribution in [1.82, 2.24) is 15.0 Å². The molecular weight excluding hydrogens is 539 g/mol. The van der Waals surface area contributed by atoms with Crippen LogP contribution in [0.15, 0.2) is 96.3 Å². The van der Waals surface area contributed by atoms with Gasteiger partial charge in [-0.25, -0.2) is 14.4 Å². The SMILES string of the molecule is CCC(=O)Nc1cccc(C(=O)Nc2ccc(Nc3cc(-c4[nH]c(SC)nc4-c4ccc(F)cc4)ccn3)cc2)c1. The lowest BCUT2D eigenvalue weighted by atomic mass is 10.1. The molecule has 0 aliphatic rings. The lowest BCUT2D eigenvalue weighted by molar-refractivity contribution is -0.115. The number of thioether (sulfide) groups is 1. The molecular formula is C31H27FN6O2S. The van der Waals surface area contributed by atoms with E-state index in [4.69, 9.17) is 0 Å². The van der Waals surface area contributed by atoms with E-state index in [0.717, 1.165) is 33.4 Å². The molecule has 0 spiro atoms. The molecule has 0 unspecified atom stereocenters. The van der Waals surface area contributed by atoms with E-state index in [2.05, 4.69) is 30.9 Å². The van der Waals surface area contributed by atoms with E-state index in [-0.39, 0.29) is 17.6 Å². The molecule has 10 heteroatoms. The number of nitrogens with one attached hydrogen (secondary N) is 4. The second kappa shape index (κ2) is 12.5. The van der Waals surface area contributed by atoms with Gasteiger partial charge in [-0.3, -0.25) is 9.59 Å². The van der Waals surface area contributed by atoms with E-state index >= 15 is 0 Å². The molecule has 0 bridgehead atoms. The van der Waals surface area contributed by atoms with Crippen LogP contribution in [-0.4, -0.2) is 33.0 Å². The van der Waals surface area contributed by atoms with Gasteiger partial charge in [-0.2, -0.15) is 0 Å². The van der Waals surface area contributed by atoms with E-state index < -0.39 is 0 Å². The highest BCUT2D eigenvalue weighted by molar-refractivity contribution is 7.98. The zero-order valence-corrected chi connectivity index (χ0v) is 23.2. The average Bonchev–Trinajstić information content (AvgIpc) is 3.43. The van der Waals surface area contributed by atoms with Crippen molar-refractivity contribution in [3.8, 4) is 22.5 Å². The number of carbonyl (C=O) groups is 2. The molecule has 2 amide bonds. The lowest BCUT2D eigenvalue weighted by Crippen LogP contribution is -2.13. The summed E-state index contributed by atoms with van der Waals surface area (Å²) in [5.41, 5.74) is 5.62. The van der Waals surface area contributed by atoms with Gasteiger partial charge in [-0.15, -0.1) is 0 Å². The molecule has 8 nitrogen and oxygen atoms in total. The van der Waals surface area contributed by atoms with Gasteiger partial charge in [0.05, 0.1) is 11.4 Å². The number of halogens is 1. The zero-order valence-electron chi connectivity index (χ0n) is 22.4. The highest BCUT2D eigenvalue weighted by atomic mass is 32.2. The molecule has 0 radical (unpaired) electrons. The largest absolute Gasteiger partial charge is 0.340 e. The molecule has 4 N–H and O–H groups in total. The quantitative estimate of drug-likeness (QED) is 0.139. The summed E-state index contributed by atoms with van der Waals surface area (Å²) in [7, 11) is 0. The molecule has 0 aliphatic carbocycles. The minimum absolute atomic E-state index is 0.117. The van der Waals surface area contributed by atoms with Crippen LogP contribution in [0.2, 0.25) is 0 Å². The predicted octanol–water partition coefficient (Wildman–Crippen LogP) is 7.34. The summed E-state index contributed by atoms with van der Waals surface area (Å²) in [6.07, 6.45) is 4.00. The number of H-pyrrole nitrogens is 1. The van der Waals surface area contributed by atoms with E-state index in [1.807, 2.05) is 30.5 Å². The maximum atomic E-state index is 13.5. The van der Waals surface area contributed by atoms with Crippen LogP contribution in [0.4, 0.5) is 27.3 Å². The molecule has 0 saturated carbocycles. The maximum Gasteiger partial charge on any atom is 0.255 e. The fourth-order valence-electron chi connectivity index (χ4n) is 4.10. The van der Waals surface area contributed by atoms with Crippen LogP contribution >= 0.6 is 11.8 Å². The molecule has 2 heterocycles. The number of aromatic nitrogens is 3. The van der Waals surface area contributed by atoms with Gasteiger partial charge in [-0.05, 0) is 85.1 Å². The third-order valence-electron chi connectivity index (χ3n) is 6.19. The summed E-state index contributed by atoms with van der Waals surface area (Å²) in [5.74, 6) is -0.0823. The van der Waals surface area contributed by atoms with E-state index in [9.17, 15) is 14.0 Å². The maximum absolute atomic E-state index is 13.5. The van der Waals surface area contributed by atoms with Crippen molar-refractivity contribution in [3.05, 3.63) is 103 Å². The van der Waals surface area contributed by atoms with Crippen molar-refractivity contribution in [2.45, 2.75) is 18.5 Å². The number of hydrogen-bond acceptors (Lipinski definition) is 6. The van der Waals surface area contributed by atoms with Crippen molar-refractivity contribution in [2.75, 3.05) is 22.2 Å². The number of hydrogen-bond donors (Lipinski definition) is 4. The minimum atomic E-state index is -0.302. The van der Waals surface area contributed by atoms with Crippen molar-refractivity contribution >= 4 is 46.5 Å². The molecule has 206 valence electrons. The molecule has 0 fully saturated rings. The van der Waals surface area contributed by atoms with Crippen LogP contribution in [0.3, 0.4) is 0 Å². The number of imidazole rings is 1. The molecule has 3 aromatic carbocycles. The highest BCUT2D eigenvalue weighted by Gasteiger charge is 2.15. The van der Waals surface area contributed by atoms with Gasteiger partial charge >= 0.3 is 0 Å². The molecule has 2 aromatic heterocycles. The summed E-state index contributed by atoms with van der Waals surface area (Å²) in [6.45, 7) is 1.77. The van der Waals surface area contributed by atoms with Crippen molar-refractivity contribution in [2.24, 2.45) is 0 Å². The van der Waals surface area contributed by atoms with Crippen molar-refractivity contribution in [1.29, 1.82) is 0 Å². The minimum Gasteiger partial charge on any atom is -0.340 e. The number of carbonyl (C=O) groups excluding carboxylic acids is 2. The normalized spacial score (nSPS) is 10.7. The van der Waals surface area contributed by atoms with Crippen LogP contribution in [0.25, 0.3) is 22.5 Å². The molecule has 5 rings (SSSR count). The molecule has 5 aromatic rings. The Morgan fingerprint density at radius 3 is 2.37 bits per heavy atom. The predicted molar refractivity (Wildman–Crippen MR) is 162 cm³/mol. The molecule has 0 saturated heterocycles. The van der Waals surface area contributed by atoms with Gasteiger partial charge < -0.3 is 20.9 Å². The first-order valence-corrected chi connectivity index (χ1v) is 14.1. The standard InChI is InChI=1S/C31H27FN6O2S/c1-3-27(39)35-25-6-4-5-21(17-25)30(40)36-24-13-11-23(12-14-24)34-26-18-20(15-16-33-26)29-28(37-31(38-29)41-2)19-7-9-22(32)10-8-19/h4-18H,3H2,1-2H3,(H,33,34)(H,35,39)(H,36,40)(H,37,38). The van der Waals surface area contributed by atoms with E-state index in [0.29, 0.717) is 29.2 Å². The first-order valence-electron chi connectivity index (χ1n) is 12.9. The fraction of sp³-hybridized carbons (Fsp3) is 0.0968. The number of aromatic amines is 1. The number of nitrogens with zero attached hydrogens (tertiary/aromatic N) is 2. The Bertz CT molecular complexity index is 1690. The van der Waals surface area contributed by atoms with Gasteiger partial charge in [-0.1, -0.05) is 24.8 Å². The Morgan fingerprint density at radius 2 is 1.63 bits per heavy atom. The van der Waals surface area contributed by atoms with Crippen LogP contribution < -0.4 is 16.0 Å². The van der Waals surface area contributed by atoms with Crippen LogP contribution in [-0.2, 0) is 4.79 Å². The van der Waals surface area contributed by atoms with Gasteiger partial charge in [0.15, 0.2) is 5.16 Å². The Kier molecular flexibility index (Phi) is 8.40. The number of rotatable bonds is 9. The zero-order chi connectivity index (χ0) is 28.8. The van der Waals surface area contributed by atoms with Crippen LogP contribution in [0, 0.1) is 5.82 Å². The van der Waals surface area contributed by atoms with Crippen molar-refractivity contribution in [3.63, 3.8) is 0 Å². The summed E-state index contributed by atoms with van der Waals surface area (Å²) in [6, 6.07) is 24.1. The summed E-state index contributed by atoms with van der Waals surface area (Å²) in [5, 5.41) is 9.68. The Balaban J connectivity index is 1.29. The number of anilines is 4. The van der Waals surface area contributed by atoms with E-state index in [1.54, 1.807) is 61.7 Å². The first-order chi connectivity index (χ1) is 19.9. The summed E-state index contributed by atoms with van der Waals surface area (Å²) < 4.78 is 13.5. The Labute approximate surface area is 240 Å². The van der Waals surface area contributed by atoms with E-state index in [1.165, 1.54) is 23.9 Å². The molecule has 41 heavy (non-hydrogen) atoms. The summed E-state index contributed by atoms with van der Waals surface area (Å²) >= 11 is 1.49. The van der Waals surface area contributed by atoms with Crippen molar-refractivity contribution < 1.29 is 14.0 Å². The topological polar surface area (TPSA) is 112 Å². The van der Waals surface area contributed by atoms with Gasteiger partial charge in [0.2, 0.25) is 5.91 Å². The van der Waals surface area contributed by atoms with Crippen LogP contribution in [0.1, 0.15) is 23.7 Å². The second-order valence-corrected chi connectivity index (χ2v) is 9.84. The Morgan fingerprint density at radius 1 is 0.878 bits per heavy atom. The third kappa shape index (κ3) is 6.79. The third-order valence-corrected chi connectivity index (χ3v) is 6.77. The second-order valence-electron chi connectivity index (χ2n) is 9.05. The lowest BCUT2D eigenvalue weighted by Gasteiger charge is -2.10. The fourth-order valence-corrected chi connectivity index (χ4v) is 4.49. The monoisotopic (exact) mass is 566 g/mol. The van der Waals surface area contributed by atoms with Gasteiger partial charge in [0.25, 0.3) is 5.91 Å². The van der Waals surface area contributed by atoms with Crippen LogP contribution in [0.5, 0.6) is 0 Å². The average molecular weight is 567 g/mol. The smallest absolute Gasteiger partial charge is 0.255 e. The number of benzene rings is 3. The van der Waals surface area contributed by atoms with Gasteiger partial charge in [0, 0.05) is 46.4 Å². The Hall–Kier alpha value is -4.96. The number of amides is 2.